The van der Waals surface area contributed by atoms with Crippen molar-refractivity contribution < 1.29 is 80.2 Å². The number of phosphoric ester groups is 2. The van der Waals surface area contributed by atoms with Gasteiger partial charge in [-0.25, -0.2) is 9.13 Å². The Kier molecular flexibility index (Phi) is 69.7. The maximum Gasteiger partial charge on any atom is 0.472 e. The molecule has 0 fully saturated rings. The first-order valence-corrected chi connectivity index (χ1v) is 43.4. The van der Waals surface area contributed by atoms with Crippen molar-refractivity contribution in [1.29, 1.82) is 0 Å². The van der Waals surface area contributed by atoms with Gasteiger partial charge in [0.2, 0.25) is 0 Å². The molecule has 0 aromatic carbocycles. The third kappa shape index (κ3) is 71.9. The summed E-state index contributed by atoms with van der Waals surface area (Å²) >= 11 is 0. The van der Waals surface area contributed by atoms with E-state index in [4.69, 9.17) is 37.0 Å². The largest absolute Gasteiger partial charge is 0.472 e. The van der Waals surface area contributed by atoms with E-state index in [0.717, 1.165) is 116 Å². The predicted molar refractivity (Wildman–Crippen MR) is 400 cm³/mol. The molecule has 0 amide bonds. The van der Waals surface area contributed by atoms with Crippen molar-refractivity contribution in [3.63, 3.8) is 0 Å². The van der Waals surface area contributed by atoms with E-state index >= 15 is 0 Å². The lowest BCUT2D eigenvalue weighted by Crippen LogP contribution is -2.30. The van der Waals surface area contributed by atoms with Gasteiger partial charge < -0.3 is 33.8 Å². The summed E-state index contributed by atoms with van der Waals surface area (Å²) in [4.78, 5) is 72.8. The molecule has 0 saturated carbocycles. The molecule has 0 aliphatic carbocycles. The summed E-state index contributed by atoms with van der Waals surface area (Å²) in [5.74, 6) is -1.44. The van der Waals surface area contributed by atoms with Crippen LogP contribution in [-0.2, 0) is 65.4 Å². The molecule has 0 aliphatic rings. The molecule has 19 heteroatoms. The van der Waals surface area contributed by atoms with Crippen LogP contribution in [0.3, 0.4) is 0 Å². The first kappa shape index (κ1) is 95.5. The first-order chi connectivity index (χ1) is 47.5. The van der Waals surface area contributed by atoms with Gasteiger partial charge in [-0.3, -0.25) is 37.3 Å². The Hall–Kier alpha value is -2.46. The molecule has 0 rings (SSSR count). The number of aliphatic hydroxyl groups is 1. The molecule has 0 radical (unpaired) electrons. The smallest absolute Gasteiger partial charge is 0.462 e. The number of carbonyl (C=O) groups excluding carboxylic acids is 4. The van der Waals surface area contributed by atoms with Gasteiger partial charge in [-0.2, -0.15) is 0 Å². The summed E-state index contributed by atoms with van der Waals surface area (Å²) in [6.07, 6.45) is 64.8. The topological polar surface area (TPSA) is 237 Å². The lowest BCUT2D eigenvalue weighted by atomic mass is 10.0. The second-order valence-corrected chi connectivity index (χ2v) is 31.2. The molecule has 0 saturated heterocycles. The molecule has 0 aromatic heterocycles. The fraction of sp³-hybridized carbons (Fsp3) is 0.899. The highest BCUT2D eigenvalue weighted by Crippen LogP contribution is 2.45. The van der Waals surface area contributed by atoms with Gasteiger partial charge in [0.1, 0.15) is 19.3 Å². The highest BCUT2D eigenvalue weighted by atomic mass is 31.2. The van der Waals surface area contributed by atoms with Gasteiger partial charge >= 0.3 is 39.5 Å². The third-order valence-electron chi connectivity index (χ3n) is 17.9. The minimum Gasteiger partial charge on any atom is -0.462 e. The molecule has 5 atom stereocenters. The van der Waals surface area contributed by atoms with Crippen molar-refractivity contribution in [1.82, 2.24) is 0 Å². The zero-order chi connectivity index (χ0) is 71.9. The number of rotatable bonds is 77. The fourth-order valence-electron chi connectivity index (χ4n) is 11.7. The van der Waals surface area contributed by atoms with E-state index in [1.165, 1.54) is 193 Å². The number of ether oxygens (including phenoxy) is 4. The molecular formula is C79H150O17P2. The van der Waals surface area contributed by atoms with Gasteiger partial charge in [0.25, 0.3) is 0 Å². The van der Waals surface area contributed by atoms with Crippen LogP contribution in [-0.4, -0.2) is 96.7 Å². The Bertz CT molecular complexity index is 1970. The van der Waals surface area contributed by atoms with Gasteiger partial charge in [-0.05, 0) is 57.3 Å². The second-order valence-electron chi connectivity index (χ2n) is 28.2. The summed E-state index contributed by atoms with van der Waals surface area (Å²) in [6.45, 7) is 7.18. The van der Waals surface area contributed by atoms with Gasteiger partial charge in [0.05, 0.1) is 26.4 Å². The number of aliphatic hydroxyl groups excluding tert-OH is 1. The van der Waals surface area contributed by atoms with E-state index in [-0.39, 0.29) is 25.7 Å². The van der Waals surface area contributed by atoms with Crippen molar-refractivity contribution in [2.45, 2.75) is 412 Å². The molecule has 2 unspecified atom stereocenters. The van der Waals surface area contributed by atoms with Gasteiger partial charge in [0, 0.05) is 25.7 Å². The molecule has 0 spiro atoms. The van der Waals surface area contributed by atoms with E-state index in [2.05, 4.69) is 58.9 Å². The second kappa shape index (κ2) is 71.5. The normalized spacial score (nSPS) is 14.1. The minimum atomic E-state index is -4.97. The van der Waals surface area contributed by atoms with Gasteiger partial charge in [0.15, 0.2) is 12.2 Å². The van der Waals surface area contributed by atoms with Crippen molar-refractivity contribution in [2.75, 3.05) is 39.6 Å². The Morgan fingerprint density at radius 3 is 0.837 bits per heavy atom. The maximum absolute atomic E-state index is 13.1. The monoisotopic (exact) mass is 1430 g/mol. The summed E-state index contributed by atoms with van der Waals surface area (Å²) in [5, 5.41) is 10.6. The van der Waals surface area contributed by atoms with Gasteiger partial charge in [-0.15, -0.1) is 0 Å². The number of hydrogen-bond acceptors (Lipinski definition) is 15. The molecular weight excluding hydrogens is 1280 g/mol. The zero-order valence-corrected chi connectivity index (χ0v) is 65.2. The molecule has 0 heterocycles. The van der Waals surface area contributed by atoms with Crippen LogP contribution in [0.1, 0.15) is 394 Å². The Morgan fingerprint density at radius 2 is 0.551 bits per heavy atom. The van der Waals surface area contributed by atoms with Crippen LogP contribution in [0.2, 0.25) is 0 Å². The fourth-order valence-corrected chi connectivity index (χ4v) is 13.3. The van der Waals surface area contributed by atoms with Crippen LogP contribution in [0, 0.1) is 5.92 Å². The number of carbonyl (C=O) groups is 4. The van der Waals surface area contributed by atoms with Crippen molar-refractivity contribution in [2.24, 2.45) is 5.92 Å². The summed E-state index contributed by atoms with van der Waals surface area (Å²) in [6, 6.07) is 0. The third-order valence-corrected chi connectivity index (χ3v) is 19.8. The van der Waals surface area contributed by atoms with Crippen molar-refractivity contribution >= 4 is 39.5 Å². The summed E-state index contributed by atoms with van der Waals surface area (Å²) in [7, 11) is -9.92. The molecule has 0 bridgehead atoms. The van der Waals surface area contributed by atoms with Crippen LogP contribution >= 0.6 is 15.6 Å². The zero-order valence-electron chi connectivity index (χ0n) is 63.4. The summed E-state index contributed by atoms with van der Waals surface area (Å²) < 4.78 is 68.5. The van der Waals surface area contributed by atoms with Crippen LogP contribution in [0.15, 0.2) is 24.3 Å². The van der Waals surface area contributed by atoms with E-state index in [9.17, 15) is 43.2 Å². The van der Waals surface area contributed by atoms with Crippen LogP contribution in [0.5, 0.6) is 0 Å². The molecule has 17 nitrogen and oxygen atoms in total. The first-order valence-electron chi connectivity index (χ1n) is 40.5. The molecule has 0 aromatic rings. The Balaban J connectivity index is 5.24. The summed E-state index contributed by atoms with van der Waals surface area (Å²) in [5.41, 5.74) is 0. The number of esters is 4. The highest BCUT2D eigenvalue weighted by Gasteiger charge is 2.30. The molecule has 578 valence electrons. The van der Waals surface area contributed by atoms with E-state index < -0.39 is 97.5 Å². The number of hydrogen-bond donors (Lipinski definition) is 3. The maximum atomic E-state index is 13.1. The number of allylic oxidation sites excluding steroid dienone is 4. The Labute approximate surface area is 599 Å². The Morgan fingerprint density at radius 1 is 0.316 bits per heavy atom. The highest BCUT2D eigenvalue weighted by molar-refractivity contribution is 7.47. The number of phosphoric acid groups is 2. The number of unbranched alkanes of at least 4 members (excludes halogenated alkanes) is 46. The standard InChI is InChI=1S/C79H150O17P2/c1-6-9-12-15-18-21-24-27-29-30-31-32-33-34-36-38-41-44-49-55-60-65-79(84)95-74(68-89-76(81)62-57-52-47-42-40-37-35-28-25-22-19-16-13-10-7-2)70-93-97(85,86)91-66-73(80)67-92-98(87,88)94-71-75(69-90-77(82)63-58-53-50-45-46-51-56-61-72(4)5)96-78(83)64-59-54-48-43-39-26-23-20-17-14-11-8-3/h22,25,28,35,72-75,80H,6-21,23-24,26-27,29-34,36-71H2,1-5H3,(H,85,86)(H,87,88)/b25-22-,35-28-/t73-,74-,75-/m1/s1. The molecule has 98 heavy (non-hydrogen) atoms. The van der Waals surface area contributed by atoms with Gasteiger partial charge in [-0.1, -0.05) is 341 Å². The molecule has 0 aliphatic heterocycles. The lowest BCUT2D eigenvalue weighted by molar-refractivity contribution is -0.161. The molecule has 3 N–H and O–H groups in total. The van der Waals surface area contributed by atoms with E-state index in [0.29, 0.717) is 31.6 Å². The van der Waals surface area contributed by atoms with Crippen LogP contribution in [0.25, 0.3) is 0 Å². The quantitative estimate of drug-likeness (QED) is 0.0169. The van der Waals surface area contributed by atoms with Crippen LogP contribution in [0.4, 0.5) is 0 Å². The van der Waals surface area contributed by atoms with Crippen LogP contribution < -0.4 is 0 Å². The minimum absolute atomic E-state index is 0.102. The van der Waals surface area contributed by atoms with E-state index in [1.807, 2.05) is 0 Å². The SMILES string of the molecule is CCCCCC/C=C\C=C/CCCCCCCC(=O)OC[C@H](COP(=O)(O)OC[C@@H](O)COP(=O)(O)OC[C@@H](COC(=O)CCCCCCCCCC(C)C)OC(=O)CCCCCCCCCCCCCC)OC(=O)CCCCCCCCCCCCCCCCCCCCCCC. The predicted octanol–water partition coefficient (Wildman–Crippen LogP) is 23.2. The lowest BCUT2D eigenvalue weighted by Gasteiger charge is -2.21. The average Bonchev–Trinajstić information content (AvgIpc) is 1.08. The van der Waals surface area contributed by atoms with Crippen molar-refractivity contribution in [3.05, 3.63) is 24.3 Å². The van der Waals surface area contributed by atoms with Crippen molar-refractivity contribution in [3.8, 4) is 0 Å². The van der Waals surface area contributed by atoms with E-state index in [1.54, 1.807) is 0 Å². The average molecular weight is 1430 g/mol.